The third-order valence-electron chi connectivity index (χ3n) is 2.95. The van der Waals surface area contributed by atoms with Gasteiger partial charge in [-0.3, -0.25) is 4.79 Å². The van der Waals surface area contributed by atoms with Crippen LogP contribution in [-0.4, -0.2) is 26.1 Å². The zero-order valence-electron chi connectivity index (χ0n) is 11.5. The fourth-order valence-corrected chi connectivity index (χ4v) is 1.89. The Labute approximate surface area is 109 Å². The van der Waals surface area contributed by atoms with Crippen molar-refractivity contribution in [2.45, 2.75) is 32.2 Å². The third kappa shape index (κ3) is 3.47. The normalized spacial score (nSPS) is 12.3. The molecule has 0 saturated carbocycles. The van der Waals surface area contributed by atoms with E-state index in [2.05, 4.69) is 25.2 Å². The van der Waals surface area contributed by atoms with Gasteiger partial charge in [-0.1, -0.05) is 26.0 Å². The van der Waals surface area contributed by atoms with Gasteiger partial charge in [0.1, 0.15) is 5.75 Å². The Balaban J connectivity index is 2.91. The molecular formula is C14H22N2O2. The quantitative estimate of drug-likeness (QED) is 0.831. The molecule has 0 aliphatic carbocycles. The maximum atomic E-state index is 11.4. The van der Waals surface area contributed by atoms with E-state index in [1.165, 1.54) is 0 Å². The number of carbonyl (C=O) groups excluding carboxylic acids is 1. The van der Waals surface area contributed by atoms with Crippen LogP contribution in [0.1, 0.15) is 30.9 Å². The molecule has 1 atom stereocenters. The highest BCUT2D eigenvalue weighted by Gasteiger charge is 2.14. The first-order valence-electron chi connectivity index (χ1n) is 6.13. The highest BCUT2D eigenvalue weighted by Crippen LogP contribution is 2.27. The molecule has 0 spiro atoms. The summed E-state index contributed by atoms with van der Waals surface area (Å²) in [6, 6.07) is 5.43. The lowest BCUT2D eigenvalue weighted by Gasteiger charge is -2.15. The summed E-state index contributed by atoms with van der Waals surface area (Å²) >= 11 is 0. The van der Waals surface area contributed by atoms with Crippen molar-refractivity contribution in [3.05, 3.63) is 29.3 Å². The number of methoxy groups -OCH3 is 1. The van der Waals surface area contributed by atoms with Crippen molar-refractivity contribution in [1.29, 1.82) is 0 Å². The number of ether oxygens (including phenoxy) is 1. The van der Waals surface area contributed by atoms with Crippen molar-refractivity contribution >= 4 is 5.91 Å². The maximum absolute atomic E-state index is 11.4. The van der Waals surface area contributed by atoms with Gasteiger partial charge in [-0.15, -0.1) is 0 Å². The van der Waals surface area contributed by atoms with Gasteiger partial charge >= 0.3 is 0 Å². The number of hydrogen-bond acceptors (Lipinski definition) is 3. The molecule has 4 nitrogen and oxygen atoms in total. The van der Waals surface area contributed by atoms with Crippen LogP contribution in [0.3, 0.4) is 0 Å². The van der Waals surface area contributed by atoms with Gasteiger partial charge in [0.2, 0.25) is 5.91 Å². The molecule has 0 fully saturated rings. The van der Waals surface area contributed by atoms with Crippen LogP contribution in [0.2, 0.25) is 0 Å². The van der Waals surface area contributed by atoms with E-state index >= 15 is 0 Å². The Bertz CT molecular complexity index is 416. The Morgan fingerprint density at radius 1 is 1.44 bits per heavy atom. The van der Waals surface area contributed by atoms with Crippen molar-refractivity contribution in [2.75, 3.05) is 14.2 Å². The van der Waals surface area contributed by atoms with Gasteiger partial charge in [0.15, 0.2) is 0 Å². The molecule has 1 rings (SSSR count). The Morgan fingerprint density at radius 3 is 2.61 bits per heavy atom. The summed E-state index contributed by atoms with van der Waals surface area (Å²) in [4.78, 5) is 11.4. The van der Waals surface area contributed by atoms with Crippen LogP contribution in [0.4, 0.5) is 0 Å². The highest BCUT2D eigenvalue weighted by atomic mass is 16.5. The number of nitrogens with one attached hydrogen (secondary N) is 1. The van der Waals surface area contributed by atoms with Gasteiger partial charge in [-0.25, -0.2) is 0 Å². The van der Waals surface area contributed by atoms with Crippen molar-refractivity contribution < 1.29 is 9.53 Å². The van der Waals surface area contributed by atoms with E-state index in [0.717, 1.165) is 16.9 Å². The lowest BCUT2D eigenvalue weighted by molar-refractivity contribution is -0.121. The molecule has 0 aromatic heterocycles. The van der Waals surface area contributed by atoms with Crippen LogP contribution >= 0.6 is 0 Å². The summed E-state index contributed by atoms with van der Waals surface area (Å²) in [6.07, 6.45) is 0.531. The fraction of sp³-hybridized carbons (Fsp3) is 0.500. The minimum atomic E-state index is -0.511. The van der Waals surface area contributed by atoms with Crippen molar-refractivity contribution in [2.24, 2.45) is 5.73 Å². The lowest BCUT2D eigenvalue weighted by Crippen LogP contribution is -2.40. The minimum absolute atomic E-state index is 0.142. The average Bonchev–Trinajstić information content (AvgIpc) is 2.37. The predicted octanol–water partition coefficient (Wildman–Crippen LogP) is 1.43. The van der Waals surface area contributed by atoms with Gasteiger partial charge in [0.05, 0.1) is 13.2 Å². The summed E-state index contributed by atoms with van der Waals surface area (Å²) in [5.74, 6) is 1.11. The Morgan fingerprint density at radius 2 is 2.11 bits per heavy atom. The Hall–Kier alpha value is -1.55. The van der Waals surface area contributed by atoms with Crippen LogP contribution in [-0.2, 0) is 11.2 Å². The molecular weight excluding hydrogens is 228 g/mol. The monoisotopic (exact) mass is 250 g/mol. The first-order valence-corrected chi connectivity index (χ1v) is 6.13. The van der Waals surface area contributed by atoms with Gasteiger partial charge in [0.25, 0.3) is 0 Å². The van der Waals surface area contributed by atoms with Crippen molar-refractivity contribution in [1.82, 2.24) is 5.32 Å². The first kappa shape index (κ1) is 14.5. The first-order chi connectivity index (χ1) is 8.49. The van der Waals surface area contributed by atoms with Crippen LogP contribution in [0.15, 0.2) is 18.2 Å². The summed E-state index contributed by atoms with van der Waals surface area (Å²) < 4.78 is 5.32. The maximum Gasteiger partial charge on any atom is 0.237 e. The molecule has 3 N–H and O–H groups in total. The number of likely N-dealkylation sites (N-methyl/N-ethyl adjacent to an activating group) is 1. The molecule has 0 saturated heterocycles. The standard InChI is InChI=1S/C14H22N2O2/c1-9(2)11-7-10(5-6-13(11)18-4)8-12(15)14(17)16-3/h5-7,9,12H,8,15H2,1-4H3,(H,16,17). The number of benzene rings is 1. The number of rotatable bonds is 5. The van der Waals surface area contributed by atoms with Crippen LogP contribution in [0, 0.1) is 0 Å². The zero-order chi connectivity index (χ0) is 13.7. The molecule has 1 aromatic carbocycles. The fourth-order valence-electron chi connectivity index (χ4n) is 1.89. The largest absolute Gasteiger partial charge is 0.496 e. The van der Waals surface area contributed by atoms with E-state index in [1.54, 1.807) is 14.2 Å². The number of carbonyl (C=O) groups is 1. The van der Waals surface area contributed by atoms with Crippen LogP contribution < -0.4 is 15.8 Å². The van der Waals surface area contributed by atoms with Crippen LogP contribution in [0.25, 0.3) is 0 Å². The second-order valence-electron chi connectivity index (χ2n) is 4.66. The van der Waals surface area contributed by atoms with E-state index in [-0.39, 0.29) is 5.91 Å². The second kappa shape index (κ2) is 6.40. The minimum Gasteiger partial charge on any atom is -0.496 e. The van der Waals surface area contributed by atoms with E-state index in [1.807, 2.05) is 12.1 Å². The third-order valence-corrected chi connectivity index (χ3v) is 2.95. The highest BCUT2D eigenvalue weighted by molar-refractivity contribution is 5.81. The van der Waals surface area contributed by atoms with Gasteiger partial charge in [-0.05, 0) is 29.5 Å². The van der Waals surface area contributed by atoms with Crippen molar-refractivity contribution in [3.8, 4) is 5.75 Å². The van der Waals surface area contributed by atoms with Crippen molar-refractivity contribution in [3.63, 3.8) is 0 Å². The predicted molar refractivity (Wildman–Crippen MR) is 72.8 cm³/mol. The molecule has 4 heteroatoms. The molecule has 0 heterocycles. The van der Waals surface area contributed by atoms with E-state index in [0.29, 0.717) is 12.3 Å². The molecule has 100 valence electrons. The van der Waals surface area contributed by atoms with E-state index in [4.69, 9.17) is 10.5 Å². The second-order valence-corrected chi connectivity index (χ2v) is 4.66. The average molecular weight is 250 g/mol. The smallest absolute Gasteiger partial charge is 0.237 e. The molecule has 1 aromatic rings. The summed E-state index contributed by atoms with van der Waals surface area (Å²) in [6.45, 7) is 4.22. The molecule has 1 unspecified atom stereocenters. The van der Waals surface area contributed by atoms with Gasteiger partial charge < -0.3 is 15.8 Å². The van der Waals surface area contributed by atoms with Gasteiger partial charge in [0, 0.05) is 7.05 Å². The molecule has 0 radical (unpaired) electrons. The Kier molecular flexibility index (Phi) is 5.16. The topological polar surface area (TPSA) is 64.4 Å². The van der Waals surface area contributed by atoms with Gasteiger partial charge in [-0.2, -0.15) is 0 Å². The van der Waals surface area contributed by atoms with E-state index < -0.39 is 6.04 Å². The lowest BCUT2D eigenvalue weighted by atomic mass is 9.96. The molecule has 18 heavy (non-hydrogen) atoms. The number of nitrogens with two attached hydrogens (primary N) is 1. The molecule has 0 aliphatic heterocycles. The summed E-state index contributed by atoms with van der Waals surface area (Å²) in [7, 11) is 3.26. The molecule has 1 amide bonds. The number of hydrogen-bond donors (Lipinski definition) is 2. The number of amides is 1. The SMILES string of the molecule is CNC(=O)C(N)Cc1ccc(OC)c(C(C)C)c1. The zero-order valence-corrected chi connectivity index (χ0v) is 11.5. The summed E-state index contributed by atoms with van der Waals surface area (Å²) in [5.41, 5.74) is 8.00. The molecule has 0 bridgehead atoms. The molecule has 0 aliphatic rings. The summed E-state index contributed by atoms with van der Waals surface area (Å²) in [5, 5.41) is 2.56. The van der Waals surface area contributed by atoms with E-state index in [9.17, 15) is 4.79 Å². The van der Waals surface area contributed by atoms with Crippen LogP contribution in [0.5, 0.6) is 5.75 Å².